The highest BCUT2D eigenvalue weighted by molar-refractivity contribution is 8.00. The van der Waals surface area contributed by atoms with Crippen molar-refractivity contribution in [2.24, 2.45) is 0 Å². The van der Waals surface area contributed by atoms with Crippen LogP contribution in [0, 0.1) is 0 Å². The maximum atomic E-state index is 4.70. The van der Waals surface area contributed by atoms with Crippen LogP contribution in [-0.4, -0.2) is 46.4 Å². The molecule has 0 aromatic carbocycles. The van der Waals surface area contributed by atoms with Crippen LogP contribution in [0.2, 0.25) is 0 Å². The van der Waals surface area contributed by atoms with Crippen molar-refractivity contribution in [3.05, 3.63) is 6.07 Å². The molecule has 1 aromatic rings. The van der Waals surface area contributed by atoms with Crippen LogP contribution in [0.15, 0.2) is 11.2 Å². The first-order chi connectivity index (χ1) is 9.65. The lowest BCUT2D eigenvalue weighted by Crippen LogP contribution is -2.45. The van der Waals surface area contributed by atoms with Crippen molar-refractivity contribution in [2.45, 2.75) is 43.6 Å². The highest BCUT2D eigenvalue weighted by Gasteiger charge is 2.26. The summed E-state index contributed by atoms with van der Waals surface area (Å²) in [7, 11) is 0. The molecule has 0 bridgehead atoms. The van der Waals surface area contributed by atoms with E-state index in [1.807, 2.05) is 18.0 Å². The molecule has 4 nitrogen and oxygen atoms in total. The van der Waals surface area contributed by atoms with Crippen molar-refractivity contribution in [2.75, 3.05) is 35.3 Å². The first kappa shape index (κ1) is 15.8. The fourth-order valence-electron chi connectivity index (χ4n) is 2.25. The average molecular weight is 313 g/mol. The molecule has 0 radical (unpaired) electrons. The van der Waals surface area contributed by atoms with Gasteiger partial charge in [0.05, 0.1) is 0 Å². The van der Waals surface area contributed by atoms with Crippen LogP contribution in [0.5, 0.6) is 0 Å². The number of rotatable bonds is 5. The Bertz CT molecular complexity index is 441. The van der Waals surface area contributed by atoms with Crippen LogP contribution in [0.3, 0.4) is 0 Å². The molecule has 1 saturated heterocycles. The second-order valence-electron chi connectivity index (χ2n) is 5.03. The Kier molecular flexibility index (Phi) is 5.84. The average Bonchev–Trinajstić information content (AvgIpc) is 2.47. The van der Waals surface area contributed by atoms with Crippen LogP contribution in [-0.2, 0) is 0 Å². The van der Waals surface area contributed by atoms with Crippen LogP contribution < -0.4 is 10.2 Å². The summed E-state index contributed by atoms with van der Waals surface area (Å²) in [5.41, 5.74) is 0. The quantitative estimate of drug-likeness (QED) is 0.664. The maximum absolute atomic E-state index is 4.70. The molecule has 20 heavy (non-hydrogen) atoms. The van der Waals surface area contributed by atoms with E-state index in [4.69, 9.17) is 4.98 Å². The lowest BCUT2D eigenvalue weighted by Gasteiger charge is -2.38. The van der Waals surface area contributed by atoms with Crippen LogP contribution in [0.4, 0.5) is 11.6 Å². The number of hydrogen-bond donors (Lipinski definition) is 1. The minimum atomic E-state index is 0.511. The molecule has 2 unspecified atom stereocenters. The molecule has 0 amide bonds. The monoisotopic (exact) mass is 312 g/mol. The molecule has 1 aromatic heterocycles. The zero-order chi connectivity index (χ0) is 14.5. The second-order valence-corrected chi connectivity index (χ2v) is 7.29. The van der Waals surface area contributed by atoms with E-state index in [1.165, 1.54) is 5.75 Å². The van der Waals surface area contributed by atoms with Gasteiger partial charge < -0.3 is 10.2 Å². The van der Waals surface area contributed by atoms with Crippen molar-refractivity contribution in [3.8, 4) is 0 Å². The number of aromatic nitrogens is 2. The molecule has 2 atom stereocenters. The summed E-state index contributed by atoms with van der Waals surface area (Å²) in [5.74, 6) is 3.17. The van der Waals surface area contributed by atoms with E-state index >= 15 is 0 Å². The van der Waals surface area contributed by atoms with Gasteiger partial charge in [-0.1, -0.05) is 25.6 Å². The Hall–Kier alpha value is -0.620. The van der Waals surface area contributed by atoms with Gasteiger partial charge in [-0.25, -0.2) is 9.97 Å². The molecule has 0 saturated carbocycles. The minimum absolute atomic E-state index is 0.511. The fourth-order valence-corrected chi connectivity index (χ4v) is 3.73. The molecule has 0 aliphatic carbocycles. The van der Waals surface area contributed by atoms with Crippen molar-refractivity contribution in [1.82, 2.24) is 9.97 Å². The van der Waals surface area contributed by atoms with Gasteiger partial charge in [0.1, 0.15) is 11.6 Å². The molecule has 1 fully saturated rings. The van der Waals surface area contributed by atoms with Gasteiger partial charge in [-0.3, -0.25) is 0 Å². The van der Waals surface area contributed by atoms with E-state index in [-0.39, 0.29) is 0 Å². The number of thioether (sulfide) groups is 2. The largest absolute Gasteiger partial charge is 0.370 e. The molecule has 2 rings (SSSR count). The topological polar surface area (TPSA) is 41.0 Å². The van der Waals surface area contributed by atoms with Gasteiger partial charge in [0, 0.05) is 36.2 Å². The van der Waals surface area contributed by atoms with Gasteiger partial charge in [0.2, 0.25) is 0 Å². The molecule has 112 valence electrons. The van der Waals surface area contributed by atoms with Gasteiger partial charge in [-0.2, -0.15) is 11.8 Å². The third-order valence-electron chi connectivity index (χ3n) is 3.61. The smallest absolute Gasteiger partial charge is 0.191 e. The first-order valence-corrected chi connectivity index (χ1v) is 9.48. The lowest BCUT2D eigenvalue weighted by atomic mass is 10.2. The Morgan fingerprint density at radius 3 is 2.95 bits per heavy atom. The molecule has 6 heteroatoms. The number of nitrogens with one attached hydrogen (secondary N) is 1. The normalized spacial score (nSPS) is 22.9. The Labute approximate surface area is 130 Å². The van der Waals surface area contributed by atoms with E-state index in [2.05, 4.69) is 42.0 Å². The number of hydrogen-bond acceptors (Lipinski definition) is 6. The summed E-state index contributed by atoms with van der Waals surface area (Å²) in [4.78, 5) is 11.7. The second kappa shape index (κ2) is 7.41. The molecule has 1 N–H and O–H groups in total. The van der Waals surface area contributed by atoms with E-state index in [0.717, 1.165) is 36.3 Å². The van der Waals surface area contributed by atoms with Crippen LogP contribution >= 0.6 is 23.5 Å². The van der Waals surface area contributed by atoms with E-state index in [1.54, 1.807) is 11.8 Å². The molecule has 2 heterocycles. The summed E-state index contributed by atoms with van der Waals surface area (Å²) in [6.07, 6.45) is 3.13. The van der Waals surface area contributed by atoms with Crippen molar-refractivity contribution in [1.29, 1.82) is 0 Å². The predicted octanol–water partition coefficient (Wildman–Crippen LogP) is 3.35. The van der Waals surface area contributed by atoms with Gasteiger partial charge in [-0.05, 0) is 19.6 Å². The summed E-state index contributed by atoms with van der Waals surface area (Å²) in [6.45, 7) is 8.77. The Morgan fingerprint density at radius 2 is 2.25 bits per heavy atom. The maximum Gasteiger partial charge on any atom is 0.191 e. The van der Waals surface area contributed by atoms with E-state index < -0.39 is 0 Å². The Morgan fingerprint density at radius 1 is 1.45 bits per heavy atom. The first-order valence-electron chi connectivity index (χ1n) is 7.21. The standard InChI is InChI=1S/C14H24N4S2/c1-5-6-15-12-9-13(17-14(16-12)19-4)18-7-8-20-11(3)10(18)2/h9-11H,5-8H2,1-4H3,(H,15,16,17). The highest BCUT2D eigenvalue weighted by atomic mass is 32.2. The zero-order valence-electron chi connectivity index (χ0n) is 12.7. The van der Waals surface area contributed by atoms with Crippen molar-refractivity contribution in [3.63, 3.8) is 0 Å². The van der Waals surface area contributed by atoms with Gasteiger partial charge in [0.25, 0.3) is 0 Å². The van der Waals surface area contributed by atoms with Crippen LogP contribution in [0.1, 0.15) is 27.2 Å². The van der Waals surface area contributed by atoms with Crippen LogP contribution in [0.25, 0.3) is 0 Å². The highest BCUT2D eigenvalue weighted by Crippen LogP contribution is 2.29. The SMILES string of the molecule is CCCNc1cc(N2CCSC(C)C2C)nc(SC)n1. The lowest BCUT2D eigenvalue weighted by molar-refractivity contribution is 0.616. The molecule has 1 aliphatic rings. The van der Waals surface area contributed by atoms with Crippen molar-refractivity contribution < 1.29 is 0 Å². The number of nitrogens with zero attached hydrogens (tertiary/aromatic N) is 3. The molecular formula is C14H24N4S2. The number of anilines is 2. The zero-order valence-corrected chi connectivity index (χ0v) is 14.4. The summed E-state index contributed by atoms with van der Waals surface area (Å²) in [6, 6.07) is 2.60. The summed E-state index contributed by atoms with van der Waals surface area (Å²) in [5, 5.41) is 4.87. The third kappa shape index (κ3) is 3.73. The Balaban J connectivity index is 2.24. The van der Waals surface area contributed by atoms with Crippen molar-refractivity contribution >= 4 is 35.2 Å². The van der Waals surface area contributed by atoms with Gasteiger partial charge in [0.15, 0.2) is 5.16 Å². The van der Waals surface area contributed by atoms with Gasteiger partial charge >= 0.3 is 0 Å². The van der Waals surface area contributed by atoms with E-state index in [0.29, 0.717) is 11.3 Å². The predicted molar refractivity (Wildman–Crippen MR) is 91.3 cm³/mol. The molecule has 0 spiro atoms. The summed E-state index contributed by atoms with van der Waals surface area (Å²) < 4.78 is 0. The minimum Gasteiger partial charge on any atom is -0.370 e. The molecule has 1 aliphatic heterocycles. The fraction of sp³-hybridized carbons (Fsp3) is 0.714. The van der Waals surface area contributed by atoms with Gasteiger partial charge in [-0.15, -0.1) is 0 Å². The molecular weight excluding hydrogens is 288 g/mol. The third-order valence-corrected chi connectivity index (χ3v) is 5.49. The summed E-state index contributed by atoms with van der Waals surface area (Å²) >= 11 is 3.65. The van der Waals surface area contributed by atoms with E-state index in [9.17, 15) is 0 Å².